The van der Waals surface area contributed by atoms with Crippen molar-refractivity contribution in [1.29, 1.82) is 0 Å². The topological polar surface area (TPSA) is 133 Å². The van der Waals surface area contributed by atoms with Gasteiger partial charge in [0.25, 0.3) is 0 Å². The van der Waals surface area contributed by atoms with E-state index < -0.39 is 34.5 Å². The molecule has 0 bridgehead atoms. The summed E-state index contributed by atoms with van der Waals surface area (Å²) in [6.45, 7) is 1.32. The average Bonchev–Trinajstić information content (AvgIpc) is 2.98. The zero-order valence-corrected chi connectivity index (χ0v) is 14.4. The second-order valence-electron chi connectivity index (χ2n) is 5.60. The number of hydrogen-bond acceptors (Lipinski definition) is 5. The van der Waals surface area contributed by atoms with Crippen molar-refractivity contribution in [3.05, 3.63) is 24.3 Å². The minimum Gasteiger partial charge on any atom is -0.480 e. The van der Waals surface area contributed by atoms with E-state index in [0.29, 0.717) is 18.7 Å². The first-order valence-corrected chi connectivity index (χ1v) is 9.11. The molecule has 0 aliphatic carbocycles. The van der Waals surface area contributed by atoms with Gasteiger partial charge in [-0.3, -0.25) is 14.4 Å². The lowest BCUT2D eigenvalue weighted by atomic mass is 10.3. The van der Waals surface area contributed by atoms with Crippen LogP contribution in [-0.4, -0.2) is 50.4 Å². The Morgan fingerprint density at radius 1 is 1.28 bits per heavy atom. The van der Waals surface area contributed by atoms with Crippen LogP contribution in [0.3, 0.4) is 0 Å². The monoisotopic (exact) mass is 369 g/mol. The SMILES string of the molecule is C[C@@H](NS(=O)(=O)c1ccc(N2CCCC2=O)cc1)C(=O)NCC(=O)O. The fourth-order valence-electron chi connectivity index (χ4n) is 2.40. The smallest absolute Gasteiger partial charge is 0.322 e. The summed E-state index contributed by atoms with van der Waals surface area (Å²) in [6, 6.07) is 4.64. The van der Waals surface area contributed by atoms with E-state index in [1.807, 2.05) is 0 Å². The van der Waals surface area contributed by atoms with E-state index in [0.717, 1.165) is 6.42 Å². The third-order valence-corrected chi connectivity index (χ3v) is 5.23. The standard InChI is InChI=1S/C15H19N3O6S/c1-10(15(22)16-9-14(20)21)17-25(23,24)12-6-4-11(5-7-12)18-8-2-3-13(18)19/h4-7,10,17H,2-3,8-9H2,1H3,(H,16,22)(H,20,21)/t10-/m1/s1. The van der Waals surface area contributed by atoms with Gasteiger partial charge in [0.2, 0.25) is 21.8 Å². The van der Waals surface area contributed by atoms with Gasteiger partial charge in [-0.25, -0.2) is 8.42 Å². The molecule has 2 amide bonds. The van der Waals surface area contributed by atoms with E-state index in [9.17, 15) is 22.8 Å². The maximum Gasteiger partial charge on any atom is 0.322 e. The number of benzene rings is 1. The van der Waals surface area contributed by atoms with Gasteiger partial charge in [0.1, 0.15) is 6.54 Å². The maximum absolute atomic E-state index is 12.3. The van der Waals surface area contributed by atoms with E-state index in [-0.39, 0.29) is 10.8 Å². The number of carbonyl (C=O) groups is 3. The number of aliphatic carboxylic acids is 1. The van der Waals surface area contributed by atoms with Crippen LogP contribution in [-0.2, 0) is 24.4 Å². The van der Waals surface area contributed by atoms with Crippen LogP contribution in [0, 0.1) is 0 Å². The average molecular weight is 369 g/mol. The van der Waals surface area contributed by atoms with Gasteiger partial charge in [0.05, 0.1) is 10.9 Å². The predicted octanol–water partition coefficient (Wildman–Crippen LogP) is -0.319. The second kappa shape index (κ2) is 7.62. The van der Waals surface area contributed by atoms with Crippen molar-refractivity contribution in [2.24, 2.45) is 0 Å². The van der Waals surface area contributed by atoms with Crippen LogP contribution in [0.1, 0.15) is 19.8 Å². The molecule has 0 aromatic heterocycles. The summed E-state index contributed by atoms with van der Waals surface area (Å²) >= 11 is 0. The highest BCUT2D eigenvalue weighted by molar-refractivity contribution is 7.89. The molecule has 3 N–H and O–H groups in total. The lowest BCUT2D eigenvalue weighted by Gasteiger charge is -2.17. The Hall–Kier alpha value is -2.46. The summed E-state index contributed by atoms with van der Waals surface area (Å²) < 4.78 is 26.8. The Morgan fingerprint density at radius 2 is 1.92 bits per heavy atom. The van der Waals surface area contributed by atoms with Crippen molar-refractivity contribution < 1.29 is 27.9 Å². The Bertz CT molecular complexity index is 775. The molecule has 1 fully saturated rings. The number of carbonyl (C=O) groups excluding carboxylic acids is 2. The van der Waals surface area contributed by atoms with Gasteiger partial charge < -0.3 is 15.3 Å². The normalized spacial score (nSPS) is 15.9. The summed E-state index contributed by atoms with van der Waals surface area (Å²) in [4.78, 5) is 35.3. The fourth-order valence-corrected chi connectivity index (χ4v) is 3.60. The molecule has 1 aromatic carbocycles. The zero-order chi connectivity index (χ0) is 18.6. The van der Waals surface area contributed by atoms with E-state index in [1.54, 1.807) is 4.90 Å². The molecule has 0 radical (unpaired) electrons. The first kappa shape index (κ1) is 18.9. The zero-order valence-electron chi connectivity index (χ0n) is 13.6. The van der Waals surface area contributed by atoms with Crippen molar-refractivity contribution in [3.8, 4) is 0 Å². The number of rotatable bonds is 7. The largest absolute Gasteiger partial charge is 0.480 e. The first-order chi connectivity index (χ1) is 11.7. The van der Waals surface area contributed by atoms with Gasteiger partial charge in [0.15, 0.2) is 0 Å². The molecule has 2 rings (SSSR count). The molecule has 136 valence electrons. The molecule has 1 atom stereocenters. The molecule has 1 aliphatic rings. The number of sulfonamides is 1. The Balaban J connectivity index is 2.05. The minimum atomic E-state index is -3.96. The molecule has 1 saturated heterocycles. The van der Waals surface area contributed by atoms with Gasteiger partial charge >= 0.3 is 5.97 Å². The fraction of sp³-hybridized carbons (Fsp3) is 0.400. The van der Waals surface area contributed by atoms with E-state index in [2.05, 4.69) is 10.0 Å². The van der Waals surface area contributed by atoms with Crippen LogP contribution in [0.5, 0.6) is 0 Å². The summed E-state index contributed by atoms with van der Waals surface area (Å²) in [5.74, 6) is -1.97. The summed E-state index contributed by atoms with van der Waals surface area (Å²) in [7, 11) is -3.96. The minimum absolute atomic E-state index is 0.00236. The number of amides is 2. The molecule has 1 aliphatic heterocycles. The number of carboxylic acid groups (broad SMARTS) is 1. The van der Waals surface area contributed by atoms with Crippen molar-refractivity contribution in [2.75, 3.05) is 18.0 Å². The Labute approximate surface area is 145 Å². The summed E-state index contributed by atoms with van der Waals surface area (Å²) in [5, 5.41) is 10.6. The van der Waals surface area contributed by atoms with Crippen LogP contribution < -0.4 is 14.9 Å². The van der Waals surface area contributed by atoms with Crippen LogP contribution in [0.25, 0.3) is 0 Å². The Kier molecular flexibility index (Phi) is 5.75. The van der Waals surface area contributed by atoms with Gasteiger partial charge in [0, 0.05) is 18.7 Å². The summed E-state index contributed by atoms with van der Waals surface area (Å²) in [5.41, 5.74) is 0.619. The lowest BCUT2D eigenvalue weighted by molar-refractivity contribution is -0.138. The van der Waals surface area contributed by atoms with E-state index >= 15 is 0 Å². The molecule has 1 aromatic rings. The molecule has 0 saturated carbocycles. The molecule has 10 heteroatoms. The highest BCUT2D eigenvalue weighted by Crippen LogP contribution is 2.23. The van der Waals surface area contributed by atoms with Crippen molar-refractivity contribution in [1.82, 2.24) is 10.0 Å². The highest BCUT2D eigenvalue weighted by Gasteiger charge is 2.24. The second-order valence-corrected chi connectivity index (χ2v) is 7.31. The molecular weight excluding hydrogens is 350 g/mol. The highest BCUT2D eigenvalue weighted by atomic mass is 32.2. The van der Waals surface area contributed by atoms with Crippen molar-refractivity contribution in [2.45, 2.75) is 30.7 Å². The summed E-state index contributed by atoms with van der Waals surface area (Å²) in [6.07, 6.45) is 1.24. The molecule has 1 heterocycles. The molecule has 9 nitrogen and oxygen atoms in total. The van der Waals surface area contributed by atoms with Crippen LogP contribution >= 0.6 is 0 Å². The van der Waals surface area contributed by atoms with Gasteiger partial charge in [-0.2, -0.15) is 4.72 Å². The lowest BCUT2D eigenvalue weighted by Crippen LogP contribution is -2.45. The van der Waals surface area contributed by atoms with Gasteiger partial charge in [-0.15, -0.1) is 0 Å². The number of anilines is 1. The predicted molar refractivity (Wildman–Crippen MR) is 88.5 cm³/mol. The number of nitrogens with one attached hydrogen (secondary N) is 2. The molecule has 25 heavy (non-hydrogen) atoms. The van der Waals surface area contributed by atoms with E-state index in [4.69, 9.17) is 5.11 Å². The quantitative estimate of drug-likeness (QED) is 0.603. The third kappa shape index (κ3) is 4.77. The number of hydrogen-bond donors (Lipinski definition) is 3. The molecular formula is C15H19N3O6S. The van der Waals surface area contributed by atoms with Gasteiger partial charge in [-0.05, 0) is 37.6 Å². The van der Waals surface area contributed by atoms with E-state index in [1.165, 1.54) is 31.2 Å². The maximum atomic E-state index is 12.3. The molecule has 0 unspecified atom stereocenters. The first-order valence-electron chi connectivity index (χ1n) is 7.63. The third-order valence-electron chi connectivity index (χ3n) is 3.67. The van der Waals surface area contributed by atoms with Crippen LogP contribution in [0.4, 0.5) is 5.69 Å². The number of carboxylic acids is 1. The molecule has 0 spiro atoms. The van der Waals surface area contributed by atoms with Crippen molar-refractivity contribution in [3.63, 3.8) is 0 Å². The van der Waals surface area contributed by atoms with Gasteiger partial charge in [-0.1, -0.05) is 0 Å². The van der Waals surface area contributed by atoms with Crippen LogP contribution in [0.15, 0.2) is 29.2 Å². The van der Waals surface area contributed by atoms with Crippen molar-refractivity contribution >= 4 is 33.5 Å². The number of nitrogens with zero attached hydrogens (tertiary/aromatic N) is 1. The van der Waals surface area contributed by atoms with Crippen LogP contribution in [0.2, 0.25) is 0 Å². The Morgan fingerprint density at radius 3 is 2.44 bits per heavy atom.